The first-order valence-corrected chi connectivity index (χ1v) is 7.92. The van der Waals surface area contributed by atoms with Crippen LogP contribution in [0.2, 0.25) is 0 Å². The zero-order chi connectivity index (χ0) is 14.8. The number of hydrogen-bond donors (Lipinski definition) is 0. The van der Waals surface area contributed by atoms with Crippen molar-refractivity contribution < 1.29 is 4.79 Å². The standard InChI is InChI=1S/C17H17BrN2O/c1-20(17(21)13-9-10-19-16(18)11-13)15-8-4-6-12-5-2-3-7-14(12)15/h2-3,5,7,9-11,15H,4,6,8H2,1H3. The second kappa shape index (κ2) is 5.98. The Bertz CT molecular complexity index is 671. The van der Waals surface area contributed by atoms with Crippen LogP contribution in [0.4, 0.5) is 0 Å². The maximum Gasteiger partial charge on any atom is 0.254 e. The van der Waals surface area contributed by atoms with Crippen molar-refractivity contribution in [1.29, 1.82) is 0 Å². The Morgan fingerprint density at radius 3 is 2.95 bits per heavy atom. The third-order valence-corrected chi connectivity index (χ3v) is 4.53. The molecule has 1 atom stereocenters. The van der Waals surface area contributed by atoms with Crippen LogP contribution in [0.5, 0.6) is 0 Å². The van der Waals surface area contributed by atoms with Gasteiger partial charge in [-0.15, -0.1) is 0 Å². The number of nitrogens with zero attached hydrogens (tertiary/aromatic N) is 2. The summed E-state index contributed by atoms with van der Waals surface area (Å²) in [4.78, 5) is 18.6. The van der Waals surface area contributed by atoms with Crippen molar-refractivity contribution in [2.75, 3.05) is 7.05 Å². The van der Waals surface area contributed by atoms with Crippen molar-refractivity contribution >= 4 is 21.8 Å². The van der Waals surface area contributed by atoms with Gasteiger partial charge >= 0.3 is 0 Å². The maximum absolute atomic E-state index is 12.7. The molecule has 108 valence electrons. The van der Waals surface area contributed by atoms with Gasteiger partial charge in [0, 0.05) is 18.8 Å². The molecule has 1 amide bonds. The molecule has 1 aromatic heterocycles. The number of pyridine rings is 1. The van der Waals surface area contributed by atoms with Gasteiger partial charge in [0.05, 0.1) is 6.04 Å². The lowest BCUT2D eigenvalue weighted by molar-refractivity contribution is 0.0715. The van der Waals surface area contributed by atoms with Gasteiger partial charge in [-0.2, -0.15) is 0 Å². The van der Waals surface area contributed by atoms with Gasteiger partial charge in [0.1, 0.15) is 4.60 Å². The fourth-order valence-electron chi connectivity index (χ4n) is 3.01. The molecule has 3 nitrogen and oxygen atoms in total. The summed E-state index contributed by atoms with van der Waals surface area (Å²) >= 11 is 3.32. The smallest absolute Gasteiger partial charge is 0.254 e. The molecule has 0 spiro atoms. The highest BCUT2D eigenvalue weighted by Gasteiger charge is 2.27. The van der Waals surface area contributed by atoms with E-state index >= 15 is 0 Å². The molecule has 0 N–H and O–H groups in total. The first-order chi connectivity index (χ1) is 10.2. The number of benzene rings is 1. The molecular formula is C17H17BrN2O. The highest BCUT2D eigenvalue weighted by atomic mass is 79.9. The van der Waals surface area contributed by atoms with Gasteiger partial charge in [-0.25, -0.2) is 4.98 Å². The number of amides is 1. The SMILES string of the molecule is CN(C(=O)c1ccnc(Br)c1)C1CCCc2ccccc21. The number of hydrogen-bond acceptors (Lipinski definition) is 2. The van der Waals surface area contributed by atoms with Gasteiger partial charge in [0.2, 0.25) is 0 Å². The van der Waals surface area contributed by atoms with E-state index in [1.165, 1.54) is 11.1 Å². The number of rotatable bonds is 2. The largest absolute Gasteiger partial charge is 0.335 e. The Labute approximate surface area is 133 Å². The molecule has 0 fully saturated rings. The van der Waals surface area contributed by atoms with Crippen LogP contribution in [0, 0.1) is 0 Å². The minimum absolute atomic E-state index is 0.0415. The van der Waals surface area contributed by atoms with E-state index in [0.717, 1.165) is 19.3 Å². The van der Waals surface area contributed by atoms with Crippen LogP contribution in [0.25, 0.3) is 0 Å². The fraction of sp³-hybridized carbons (Fsp3) is 0.294. The molecule has 1 unspecified atom stereocenters. The van der Waals surface area contributed by atoms with E-state index in [1.807, 2.05) is 11.9 Å². The zero-order valence-corrected chi connectivity index (χ0v) is 13.5. The monoisotopic (exact) mass is 344 g/mol. The van der Waals surface area contributed by atoms with Crippen molar-refractivity contribution in [3.05, 3.63) is 63.9 Å². The summed E-state index contributed by atoms with van der Waals surface area (Å²) in [6.45, 7) is 0. The molecule has 0 saturated heterocycles. The second-order valence-electron chi connectivity index (χ2n) is 5.39. The van der Waals surface area contributed by atoms with Crippen LogP contribution in [0.15, 0.2) is 47.2 Å². The van der Waals surface area contributed by atoms with Crippen LogP contribution in [0.3, 0.4) is 0 Å². The molecular weight excluding hydrogens is 328 g/mol. The summed E-state index contributed by atoms with van der Waals surface area (Å²) in [5.41, 5.74) is 3.32. The van der Waals surface area contributed by atoms with Gasteiger partial charge in [-0.3, -0.25) is 4.79 Å². The van der Waals surface area contributed by atoms with E-state index in [0.29, 0.717) is 10.2 Å². The Morgan fingerprint density at radius 1 is 1.33 bits per heavy atom. The van der Waals surface area contributed by atoms with Crippen LogP contribution in [0.1, 0.15) is 40.4 Å². The summed E-state index contributed by atoms with van der Waals surface area (Å²) < 4.78 is 0.686. The topological polar surface area (TPSA) is 33.2 Å². The summed E-state index contributed by atoms with van der Waals surface area (Å²) in [6, 6.07) is 12.1. The Balaban J connectivity index is 1.89. The Morgan fingerprint density at radius 2 is 2.14 bits per heavy atom. The van der Waals surface area contributed by atoms with E-state index in [2.05, 4.69) is 45.2 Å². The molecule has 1 heterocycles. The van der Waals surface area contributed by atoms with Crippen molar-refractivity contribution in [2.45, 2.75) is 25.3 Å². The van der Waals surface area contributed by atoms with Crippen molar-refractivity contribution in [2.24, 2.45) is 0 Å². The van der Waals surface area contributed by atoms with Crippen molar-refractivity contribution in [1.82, 2.24) is 9.88 Å². The summed E-state index contributed by atoms with van der Waals surface area (Å²) in [5, 5.41) is 0. The minimum atomic E-state index is 0.0415. The van der Waals surface area contributed by atoms with E-state index in [9.17, 15) is 4.79 Å². The zero-order valence-electron chi connectivity index (χ0n) is 11.9. The normalized spacial score (nSPS) is 17.1. The van der Waals surface area contributed by atoms with Crippen LogP contribution in [-0.2, 0) is 6.42 Å². The molecule has 0 saturated carbocycles. The Hall–Kier alpha value is -1.68. The predicted molar refractivity (Wildman–Crippen MR) is 86.2 cm³/mol. The molecule has 1 aliphatic rings. The fourth-order valence-corrected chi connectivity index (χ4v) is 3.38. The third kappa shape index (κ3) is 2.86. The molecule has 4 heteroatoms. The molecule has 0 aliphatic heterocycles. The lowest BCUT2D eigenvalue weighted by Gasteiger charge is -2.33. The second-order valence-corrected chi connectivity index (χ2v) is 6.20. The molecule has 2 aromatic rings. The first-order valence-electron chi connectivity index (χ1n) is 7.13. The number of aryl methyl sites for hydroxylation is 1. The molecule has 1 aromatic carbocycles. The van der Waals surface area contributed by atoms with Gasteiger partial charge in [0.15, 0.2) is 0 Å². The lowest BCUT2D eigenvalue weighted by Crippen LogP contribution is -2.33. The van der Waals surface area contributed by atoms with E-state index < -0.39 is 0 Å². The average molecular weight is 345 g/mol. The predicted octanol–water partition coefficient (Wildman–Crippen LogP) is 3.99. The summed E-state index contributed by atoms with van der Waals surface area (Å²) in [5.74, 6) is 0.0415. The highest BCUT2D eigenvalue weighted by Crippen LogP contribution is 2.34. The third-order valence-electron chi connectivity index (χ3n) is 4.10. The lowest BCUT2D eigenvalue weighted by atomic mass is 9.87. The van der Waals surface area contributed by atoms with Crippen LogP contribution < -0.4 is 0 Å². The van der Waals surface area contributed by atoms with Crippen LogP contribution in [-0.4, -0.2) is 22.8 Å². The molecule has 3 rings (SSSR count). The molecule has 0 radical (unpaired) electrons. The minimum Gasteiger partial charge on any atom is -0.335 e. The van der Waals surface area contributed by atoms with Crippen molar-refractivity contribution in [3.63, 3.8) is 0 Å². The highest BCUT2D eigenvalue weighted by molar-refractivity contribution is 9.10. The van der Waals surface area contributed by atoms with Gasteiger partial charge < -0.3 is 4.90 Å². The van der Waals surface area contributed by atoms with Gasteiger partial charge in [-0.05, 0) is 58.5 Å². The summed E-state index contributed by atoms with van der Waals surface area (Å²) in [7, 11) is 1.89. The Kier molecular flexibility index (Phi) is 4.06. The quantitative estimate of drug-likeness (QED) is 0.771. The number of carbonyl (C=O) groups is 1. The number of fused-ring (bicyclic) bond motifs is 1. The number of halogens is 1. The first kappa shape index (κ1) is 14.3. The van der Waals surface area contributed by atoms with E-state index in [4.69, 9.17) is 0 Å². The molecule has 21 heavy (non-hydrogen) atoms. The van der Waals surface area contributed by atoms with Crippen molar-refractivity contribution in [3.8, 4) is 0 Å². The average Bonchev–Trinajstić information content (AvgIpc) is 2.53. The van der Waals surface area contributed by atoms with E-state index in [1.54, 1.807) is 18.3 Å². The van der Waals surface area contributed by atoms with Gasteiger partial charge in [0.25, 0.3) is 5.91 Å². The van der Waals surface area contributed by atoms with Gasteiger partial charge in [-0.1, -0.05) is 24.3 Å². The maximum atomic E-state index is 12.7. The number of carbonyl (C=O) groups excluding carboxylic acids is 1. The van der Waals surface area contributed by atoms with E-state index in [-0.39, 0.29) is 11.9 Å². The molecule has 1 aliphatic carbocycles. The molecule has 0 bridgehead atoms. The van der Waals surface area contributed by atoms with Crippen LogP contribution >= 0.6 is 15.9 Å². The number of aromatic nitrogens is 1. The summed E-state index contributed by atoms with van der Waals surface area (Å²) in [6.07, 6.45) is 4.90.